The highest BCUT2D eigenvalue weighted by Gasteiger charge is 2.19. The molecule has 84 valence electrons. The molecule has 0 spiro atoms. The second-order valence-electron chi connectivity index (χ2n) is 3.79. The molecule has 0 radical (unpaired) electrons. The molecule has 0 amide bonds. The van der Waals surface area contributed by atoms with Gasteiger partial charge in [-0.15, -0.1) is 0 Å². The zero-order valence-corrected chi connectivity index (χ0v) is 10.2. The number of thiocarbonyl (C=S) groups is 1. The zero-order valence-electron chi connectivity index (χ0n) is 9.36. The fourth-order valence-corrected chi connectivity index (χ4v) is 1.90. The minimum atomic E-state index is 0.187. The molecule has 0 fully saturated rings. The van der Waals surface area contributed by atoms with Gasteiger partial charge in [0.1, 0.15) is 0 Å². The molecule has 0 aromatic carbocycles. The van der Waals surface area contributed by atoms with E-state index in [1.165, 1.54) is 0 Å². The van der Waals surface area contributed by atoms with Crippen molar-refractivity contribution in [3.63, 3.8) is 0 Å². The highest BCUT2D eigenvalue weighted by Crippen LogP contribution is 2.12. The SMILES string of the molecule is CCC(CC(N)=S)N(CCO)C(C)C. The van der Waals surface area contributed by atoms with Crippen molar-refractivity contribution in [3.8, 4) is 0 Å². The van der Waals surface area contributed by atoms with Crippen LogP contribution in [0.5, 0.6) is 0 Å². The Balaban J connectivity index is 4.32. The van der Waals surface area contributed by atoms with Crippen LogP contribution in [0.15, 0.2) is 0 Å². The molecule has 0 aromatic heterocycles. The van der Waals surface area contributed by atoms with Gasteiger partial charge in [0.05, 0.1) is 11.6 Å². The van der Waals surface area contributed by atoms with Crippen molar-refractivity contribution in [1.29, 1.82) is 0 Å². The Labute approximate surface area is 92.3 Å². The largest absolute Gasteiger partial charge is 0.395 e. The number of hydrogen-bond acceptors (Lipinski definition) is 3. The molecule has 0 bridgehead atoms. The Morgan fingerprint density at radius 1 is 1.50 bits per heavy atom. The minimum Gasteiger partial charge on any atom is -0.395 e. The minimum absolute atomic E-state index is 0.187. The molecule has 0 saturated carbocycles. The molecular weight excluding hydrogens is 196 g/mol. The first-order valence-corrected chi connectivity index (χ1v) is 5.58. The predicted octanol–water partition coefficient (Wildman–Crippen LogP) is 1.14. The molecule has 14 heavy (non-hydrogen) atoms. The van der Waals surface area contributed by atoms with Gasteiger partial charge in [0, 0.05) is 25.0 Å². The number of aliphatic hydroxyl groups excluding tert-OH is 1. The van der Waals surface area contributed by atoms with E-state index >= 15 is 0 Å². The van der Waals surface area contributed by atoms with Crippen LogP contribution in [0.3, 0.4) is 0 Å². The van der Waals surface area contributed by atoms with Crippen molar-refractivity contribution in [3.05, 3.63) is 0 Å². The second-order valence-corrected chi connectivity index (χ2v) is 4.31. The maximum atomic E-state index is 8.96. The zero-order chi connectivity index (χ0) is 11.1. The molecule has 0 heterocycles. The summed E-state index contributed by atoms with van der Waals surface area (Å²) in [5.74, 6) is 0. The van der Waals surface area contributed by atoms with Crippen LogP contribution in [0, 0.1) is 0 Å². The molecule has 0 aliphatic carbocycles. The molecule has 1 atom stereocenters. The van der Waals surface area contributed by atoms with Crippen LogP contribution < -0.4 is 5.73 Å². The molecule has 0 aliphatic heterocycles. The van der Waals surface area contributed by atoms with Crippen LogP contribution in [0.25, 0.3) is 0 Å². The van der Waals surface area contributed by atoms with E-state index in [9.17, 15) is 0 Å². The fourth-order valence-electron chi connectivity index (χ4n) is 1.71. The molecule has 4 heteroatoms. The number of hydrogen-bond donors (Lipinski definition) is 2. The van der Waals surface area contributed by atoms with Crippen LogP contribution in [-0.4, -0.2) is 40.2 Å². The third-order valence-electron chi connectivity index (χ3n) is 2.40. The summed E-state index contributed by atoms with van der Waals surface area (Å²) in [4.78, 5) is 2.81. The van der Waals surface area contributed by atoms with Gasteiger partial charge in [-0.3, -0.25) is 4.90 Å². The van der Waals surface area contributed by atoms with Gasteiger partial charge in [-0.05, 0) is 20.3 Å². The van der Waals surface area contributed by atoms with E-state index in [0.717, 1.165) is 12.8 Å². The quantitative estimate of drug-likeness (QED) is 0.629. The first-order chi connectivity index (χ1) is 6.52. The van der Waals surface area contributed by atoms with E-state index in [1.54, 1.807) is 0 Å². The summed E-state index contributed by atoms with van der Waals surface area (Å²) < 4.78 is 0. The highest BCUT2D eigenvalue weighted by atomic mass is 32.1. The Morgan fingerprint density at radius 3 is 2.36 bits per heavy atom. The number of rotatable bonds is 7. The van der Waals surface area contributed by atoms with Crippen LogP contribution in [0.2, 0.25) is 0 Å². The van der Waals surface area contributed by atoms with E-state index in [4.69, 9.17) is 23.1 Å². The molecule has 0 aliphatic rings. The lowest BCUT2D eigenvalue weighted by Crippen LogP contribution is -2.43. The van der Waals surface area contributed by atoms with Crippen LogP contribution in [0.4, 0.5) is 0 Å². The lowest BCUT2D eigenvalue weighted by Gasteiger charge is -2.33. The molecule has 3 nitrogen and oxygen atoms in total. The lowest BCUT2D eigenvalue weighted by molar-refractivity contribution is 0.118. The molecule has 3 N–H and O–H groups in total. The number of nitrogens with zero attached hydrogens (tertiary/aromatic N) is 1. The number of aliphatic hydroxyl groups is 1. The van der Waals surface area contributed by atoms with Crippen molar-refractivity contribution in [1.82, 2.24) is 4.90 Å². The Bertz CT molecular complexity index is 174. The maximum absolute atomic E-state index is 8.96. The summed E-state index contributed by atoms with van der Waals surface area (Å²) in [6.45, 7) is 7.25. The average molecular weight is 218 g/mol. The summed E-state index contributed by atoms with van der Waals surface area (Å²) in [6.07, 6.45) is 1.75. The van der Waals surface area contributed by atoms with Gasteiger partial charge in [0.2, 0.25) is 0 Å². The molecule has 0 rings (SSSR count). The molecule has 0 saturated heterocycles. The monoisotopic (exact) mass is 218 g/mol. The van der Waals surface area contributed by atoms with Gasteiger partial charge in [-0.25, -0.2) is 0 Å². The van der Waals surface area contributed by atoms with Crippen LogP contribution >= 0.6 is 12.2 Å². The topological polar surface area (TPSA) is 49.5 Å². The Kier molecular flexibility index (Phi) is 7.05. The molecule has 1 unspecified atom stereocenters. The smallest absolute Gasteiger partial charge is 0.0743 e. The van der Waals surface area contributed by atoms with Crippen molar-refractivity contribution < 1.29 is 5.11 Å². The lowest BCUT2D eigenvalue weighted by atomic mass is 10.1. The van der Waals surface area contributed by atoms with E-state index < -0.39 is 0 Å². The Morgan fingerprint density at radius 2 is 2.07 bits per heavy atom. The van der Waals surface area contributed by atoms with Gasteiger partial charge >= 0.3 is 0 Å². The van der Waals surface area contributed by atoms with Crippen molar-refractivity contribution in [2.45, 2.75) is 45.7 Å². The fraction of sp³-hybridized carbons (Fsp3) is 0.900. The summed E-state index contributed by atoms with van der Waals surface area (Å²) in [6, 6.07) is 0.779. The van der Waals surface area contributed by atoms with Gasteiger partial charge in [-0.2, -0.15) is 0 Å². The second kappa shape index (κ2) is 7.15. The Hall–Kier alpha value is -0.190. The summed E-state index contributed by atoms with van der Waals surface area (Å²) >= 11 is 4.92. The standard InChI is InChI=1S/C10H22N2OS/c1-4-9(7-10(11)14)12(5-6-13)8(2)3/h8-9,13H,4-7H2,1-3H3,(H2,11,14). The summed E-state index contributed by atoms with van der Waals surface area (Å²) in [5.41, 5.74) is 5.55. The summed E-state index contributed by atoms with van der Waals surface area (Å²) in [7, 11) is 0. The first-order valence-electron chi connectivity index (χ1n) is 5.17. The van der Waals surface area contributed by atoms with Gasteiger partial charge < -0.3 is 10.8 Å². The normalized spacial score (nSPS) is 13.6. The summed E-state index contributed by atoms with van der Waals surface area (Å²) in [5, 5.41) is 8.96. The molecular formula is C10H22N2OS. The van der Waals surface area contributed by atoms with Crippen molar-refractivity contribution in [2.75, 3.05) is 13.2 Å². The van der Waals surface area contributed by atoms with E-state index in [0.29, 0.717) is 23.6 Å². The van der Waals surface area contributed by atoms with Crippen molar-refractivity contribution >= 4 is 17.2 Å². The average Bonchev–Trinajstić information content (AvgIpc) is 2.10. The van der Waals surface area contributed by atoms with Gasteiger partial charge in [0.25, 0.3) is 0 Å². The third-order valence-corrected chi connectivity index (χ3v) is 2.57. The predicted molar refractivity (Wildman–Crippen MR) is 64.4 cm³/mol. The van der Waals surface area contributed by atoms with Gasteiger partial charge in [-0.1, -0.05) is 19.1 Å². The van der Waals surface area contributed by atoms with Crippen molar-refractivity contribution in [2.24, 2.45) is 5.73 Å². The van der Waals surface area contributed by atoms with E-state index in [1.807, 2.05) is 0 Å². The third kappa shape index (κ3) is 4.88. The van der Waals surface area contributed by atoms with E-state index in [2.05, 4.69) is 25.7 Å². The highest BCUT2D eigenvalue weighted by molar-refractivity contribution is 7.80. The number of nitrogens with two attached hydrogens (primary N) is 1. The first kappa shape index (κ1) is 13.8. The van der Waals surface area contributed by atoms with Crippen LogP contribution in [-0.2, 0) is 0 Å². The van der Waals surface area contributed by atoms with Crippen LogP contribution in [0.1, 0.15) is 33.6 Å². The maximum Gasteiger partial charge on any atom is 0.0743 e. The van der Waals surface area contributed by atoms with E-state index in [-0.39, 0.29) is 6.61 Å². The molecule has 0 aromatic rings. The van der Waals surface area contributed by atoms with Gasteiger partial charge in [0.15, 0.2) is 0 Å².